The molecule has 0 saturated carbocycles. The predicted octanol–water partition coefficient (Wildman–Crippen LogP) is 28.6. The first-order valence-electron chi connectivity index (χ1n) is 37.9. The molecular weight excluding hydrogens is 1340 g/mol. The number of hydrogen-bond acceptors (Lipinski definition) is 2. The van der Waals surface area contributed by atoms with Crippen LogP contribution in [0.2, 0.25) is 0 Å². The fourth-order valence-corrected chi connectivity index (χ4v) is 18.3. The highest BCUT2D eigenvalue weighted by molar-refractivity contribution is 6.21. The van der Waals surface area contributed by atoms with Crippen molar-refractivity contribution in [2.45, 2.75) is 5.92 Å². The topological polar surface area (TPSA) is 41.1 Å². The Kier molecular flexibility index (Phi) is 13.8. The summed E-state index contributed by atoms with van der Waals surface area (Å²) in [7, 11) is 0. The first-order chi connectivity index (χ1) is 54.5. The number of fused-ring (bicyclic) bond motifs is 20. The molecule has 0 bridgehead atoms. The zero-order valence-corrected chi connectivity index (χ0v) is 59.7. The lowest BCUT2D eigenvalue weighted by molar-refractivity contribution is 0.669. The second-order valence-electron chi connectivity index (χ2n) is 29.4. The number of benzene rings is 18. The molecule has 0 radical (unpaired) electrons. The van der Waals surface area contributed by atoms with Crippen LogP contribution in [-0.2, 0) is 0 Å². The monoisotopic (exact) mass is 1400 g/mol. The van der Waals surface area contributed by atoms with Crippen molar-refractivity contribution in [3.63, 3.8) is 0 Å². The van der Waals surface area contributed by atoms with Crippen molar-refractivity contribution in [1.82, 2.24) is 13.7 Å². The minimum absolute atomic E-state index is 0.178. The van der Waals surface area contributed by atoms with Crippen molar-refractivity contribution in [3.8, 4) is 72.7 Å². The van der Waals surface area contributed by atoms with Crippen LogP contribution in [0.4, 0.5) is 0 Å². The zero-order valence-electron chi connectivity index (χ0n) is 59.7. The van der Waals surface area contributed by atoms with Crippen molar-refractivity contribution in [2.75, 3.05) is 0 Å². The number of nitrogens with zero attached hydrogens (tertiary/aromatic N) is 3. The van der Waals surface area contributed by atoms with Crippen LogP contribution in [0.25, 0.3) is 204 Å². The summed E-state index contributed by atoms with van der Waals surface area (Å²) in [6.07, 6.45) is 0. The SMILES string of the molecule is c1ccc(-c2cccc(-n3c4ccccc4c4cc(-c5ccc6c(c5)c5cc7oc8ccccc8c7cc5n6-c5cccc6ccccc56)ccc43)c2)cc1.c1ccc(-c2cccc(C3c4ccccc4-c4cc(-c5ccc6c(c5)c5cc7c(cc5n6-c5cccc6ccccc56)oc5ccccc57)ccc43)c2)cc1. The van der Waals surface area contributed by atoms with Crippen LogP contribution in [0.3, 0.4) is 0 Å². The second-order valence-corrected chi connectivity index (χ2v) is 29.4. The van der Waals surface area contributed by atoms with Gasteiger partial charge in [-0.2, -0.15) is 0 Å². The van der Waals surface area contributed by atoms with Gasteiger partial charge in [-0.3, -0.25) is 0 Å². The fourth-order valence-electron chi connectivity index (χ4n) is 18.3. The van der Waals surface area contributed by atoms with Crippen LogP contribution in [0.5, 0.6) is 0 Å². The Morgan fingerprint density at radius 3 is 1.25 bits per heavy atom. The van der Waals surface area contributed by atoms with E-state index >= 15 is 0 Å². The van der Waals surface area contributed by atoms with Crippen LogP contribution in [0, 0.1) is 0 Å². The minimum Gasteiger partial charge on any atom is -0.456 e. The Labute approximate surface area is 632 Å². The van der Waals surface area contributed by atoms with Gasteiger partial charge in [0, 0.05) is 82.3 Å². The largest absolute Gasteiger partial charge is 0.456 e. The molecule has 1 aliphatic rings. The van der Waals surface area contributed by atoms with Crippen molar-refractivity contribution in [3.05, 3.63) is 405 Å². The molecule has 24 rings (SSSR count). The maximum absolute atomic E-state index is 6.46. The molecule has 5 heterocycles. The van der Waals surface area contributed by atoms with E-state index in [0.717, 1.165) is 60.8 Å². The van der Waals surface area contributed by atoms with E-state index in [1.54, 1.807) is 0 Å². The molecule has 0 saturated heterocycles. The molecule has 110 heavy (non-hydrogen) atoms. The number of para-hydroxylation sites is 3. The molecular formula is C105H65N3O2. The van der Waals surface area contributed by atoms with Gasteiger partial charge in [0.2, 0.25) is 0 Å². The maximum atomic E-state index is 6.46. The molecule has 1 atom stereocenters. The lowest BCUT2D eigenvalue weighted by Crippen LogP contribution is -1.99. The Bertz CT molecular complexity index is 7720. The highest BCUT2D eigenvalue weighted by Gasteiger charge is 2.31. The van der Waals surface area contributed by atoms with E-state index in [1.807, 2.05) is 12.1 Å². The Hall–Kier alpha value is -14.5. The van der Waals surface area contributed by atoms with E-state index < -0.39 is 0 Å². The summed E-state index contributed by atoms with van der Waals surface area (Å²) in [5.41, 5.74) is 30.5. The molecule has 0 fully saturated rings. The fraction of sp³-hybridized carbons (Fsp3) is 0.00952. The van der Waals surface area contributed by atoms with E-state index in [9.17, 15) is 0 Å². The normalized spacial score (nSPS) is 12.8. The molecule has 23 aromatic rings. The van der Waals surface area contributed by atoms with Gasteiger partial charge >= 0.3 is 0 Å². The summed E-state index contributed by atoms with van der Waals surface area (Å²) >= 11 is 0. The molecule has 0 spiro atoms. The highest BCUT2D eigenvalue weighted by atomic mass is 16.3. The Balaban J connectivity index is 0.000000132. The molecule has 5 aromatic heterocycles. The lowest BCUT2D eigenvalue weighted by atomic mass is 9.87. The summed E-state index contributed by atoms with van der Waals surface area (Å²) in [5, 5.41) is 16.7. The molecule has 1 aliphatic carbocycles. The van der Waals surface area contributed by atoms with E-state index in [0.29, 0.717) is 0 Å². The highest BCUT2D eigenvalue weighted by Crippen LogP contribution is 2.51. The van der Waals surface area contributed by atoms with Crippen molar-refractivity contribution in [1.29, 1.82) is 0 Å². The average molecular weight is 1400 g/mol. The molecule has 0 N–H and O–H groups in total. The van der Waals surface area contributed by atoms with Gasteiger partial charge < -0.3 is 22.5 Å². The average Bonchev–Trinajstić information content (AvgIpc) is 1.57. The van der Waals surface area contributed by atoms with E-state index in [2.05, 4.69) is 390 Å². The quantitative estimate of drug-likeness (QED) is 0.152. The van der Waals surface area contributed by atoms with Gasteiger partial charge in [0.15, 0.2) is 0 Å². The van der Waals surface area contributed by atoms with E-state index in [1.165, 1.54) is 159 Å². The Morgan fingerprint density at radius 1 is 0.191 bits per heavy atom. The van der Waals surface area contributed by atoms with Crippen LogP contribution < -0.4 is 0 Å². The van der Waals surface area contributed by atoms with Crippen molar-refractivity contribution >= 4 is 131 Å². The van der Waals surface area contributed by atoms with Gasteiger partial charge in [-0.15, -0.1) is 0 Å². The van der Waals surface area contributed by atoms with E-state index in [4.69, 9.17) is 8.83 Å². The molecule has 512 valence electrons. The Morgan fingerprint density at radius 2 is 0.609 bits per heavy atom. The van der Waals surface area contributed by atoms with Gasteiger partial charge in [-0.25, -0.2) is 0 Å². The summed E-state index contributed by atoms with van der Waals surface area (Å²) < 4.78 is 20.2. The summed E-state index contributed by atoms with van der Waals surface area (Å²) in [6, 6.07) is 141. The molecule has 0 aliphatic heterocycles. The zero-order chi connectivity index (χ0) is 72.1. The number of furan rings is 2. The van der Waals surface area contributed by atoms with Gasteiger partial charge in [-0.05, 0) is 186 Å². The van der Waals surface area contributed by atoms with E-state index in [-0.39, 0.29) is 5.92 Å². The van der Waals surface area contributed by atoms with Crippen LogP contribution in [-0.4, -0.2) is 13.7 Å². The molecule has 5 nitrogen and oxygen atoms in total. The van der Waals surface area contributed by atoms with Gasteiger partial charge in [-0.1, -0.05) is 279 Å². The standard InChI is InChI=1S/C53H33NO.C52H32N2O/c1-2-12-33(13-3-1)35-16-10-17-38(28-35)53-42-21-7-6-19-40(42)44-29-36(24-26-43(44)53)37-25-27-49-45(30-37)46-31-47-41-20-8-9-23-51(41)55-52(47)32-50(46)54(49)48-22-11-15-34-14-4-5-18-39(34)48;1-2-12-33(13-3-1)35-16-10-17-38(28-35)53-47-21-8-6-19-40(47)42-29-36(24-26-48(42)53)37-25-27-49-43(30-37)44-32-52-45(41-20-7-9-23-51(41)55-52)31-50(44)54(49)46-22-11-15-34-14-4-5-18-39(34)46/h1-32,53H;1-32H. The van der Waals surface area contributed by atoms with Crippen LogP contribution >= 0.6 is 0 Å². The molecule has 1 unspecified atom stereocenters. The third kappa shape index (κ3) is 9.67. The number of hydrogen-bond donors (Lipinski definition) is 0. The first-order valence-corrected chi connectivity index (χ1v) is 37.9. The summed E-state index contributed by atoms with van der Waals surface area (Å²) in [6.45, 7) is 0. The minimum atomic E-state index is 0.178. The maximum Gasteiger partial charge on any atom is 0.137 e. The third-order valence-corrected chi connectivity index (χ3v) is 23.3. The molecule has 18 aromatic carbocycles. The number of rotatable bonds is 8. The molecule has 0 amide bonds. The second kappa shape index (κ2) is 24.5. The summed E-state index contributed by atoms with van der Waals surface area (Å²) in [5.74, 6) is 0.178. The van der Waals surface area contributed by atoms with Crippen LogP contribution in [0.1, 0.15) is 22.6 Å². The first kappa shape index (κ1) is 61.8. The molecule has 5 heteroatoms. The van der Waals surface area contributed by atoms with Crippen molar-refractivity contribution < 1.29 is 8.83 Å². The third-order valence-electron chi connectivity index (χ3n) is 23.3. The predicted molar refractivity (Wildman–Crippen MR) is 460 cm³/mol. The van der Waals surface area contributed by atoms with Gasteiger partial charge in [0.1, 0.15) is 22.3 Å². The van der Waals surface area contributed by atoms with Crippen molar-refractivity contribution in [2.24, 2.45) is 0 Å². The summed E-state index contributed by atoms with van der Waals surface area (Å²) in [4.78, 5) is 0. The van der Waals surface area contributed by atoms with Gasteiger partial charge in [0.25, 0.3) is 0 Å². The smallest absolute Gasteiger partial charge is 0.137 e. The lowest BCUT2D eigenvalue weighted by Gasteiger charge is -2.16. The number of aromatic nitrogens is 3. The van der Waals surface area contributed by atoms with Gasteiger partial charge in [0.05, 0.1) is 44.5 Å². The van der Waals surface area contributed by atoms with Crippen LogP contribution in [0.15, 0.2) is 397 Å².